The number of carbonyl (C=O) groups is 2. The maximum atomic E-state index is 13.8. The number of hydrogen-bond donors (Lipinski definition) is 1. The zero-order valence-corrected chi connectivity index (χ0v) is 14.0. The fourth-order valence-electron chi connectivity index (χ4n) is 3.04. The highest BCUT2D eigenvalue weighted by molar-refractivity contribution is 5.76. The largest absolute Gasteiger partial charge is 0.469 e. The van der Waals surface area contributed by atoms with Crippen molar-refractivity contribution in [2.24, 2.45) is 11.8 Å². The van der Waals surface area contributed by atoms with Crippen LogP contribution in [0.2, 0.25) is 0 Å². The van der Waals surface area contributed by atoms with Crippen molar-refractivity contribution >= 4 is 12.0 Å². The number of halogens is 2. The van der Waals surface area contributed by atoms with E-state index >= 15 is 0 Å². The van der Waals surface area contributed by atoms with Crippen LogP contribution in [0.4, 0.5) is 13.6 Å². The van der Waals surface area contributed by atoms with Gasteiger partial charge in [0.05, 0.1) is 19.1 Å². The van der Waals surface area contributed by atoms with Gasteiger partial charge in [0.2, 0.25) is 0 Å². The van der Waals surface area contributed by atoms with E-state index in [1.54, 1.807) is 11.8 Å². The molecule has 2 amide bonds. The van der Waals surface area contributed by atoms with Crippen LogP contribution in [0.3, 0.4) is 0 Å². The molecule has 0 unspecified atom stereocenters. The summed E-state index contributed by atoms with van der Waals surface area (Å²) in [4.78, 5) is 25.6. The Hall–Kier alpha value is -2.18. The van der Waals surface area contributed by atoms with E-state index in [2.05, 4.69) is 5.32 Å². The van der Waals surface area contributed by atoms with Gasteiger partial charge in [0, 0.05) is 18.7 Å². The van der Waals surface area contributed by atoms with Crippen LogP contribution in [0.15, 0.2) is 18.2 Å². The molecule has 1 N–H and O–H groups in total. The summed E-state index contributed by atoms with van der Waals surface area (Å²) in [5, 5.41) is 2.68. The summed E-state index contributed by atoms with van der Waals surface area (Å²) in [6, 6.07) is 2.85. The van der Waals surface area contributed by atoms with Crippen LogP contribution in [0, 0.1) is 23.5 Å². The van der Waals surface area contributed by atoms with Gasteiger partial charge in [-0.3, -0.25) is 4.79 Å². The molecule has 0 bridgehead atoms. The second kappa shape index (κ2) is 7.59. The summed E-state index contributed by atoms with van der Waals surface area (Å²) in [6.45, 7) is 4.30. The molecule has 1 fully saturated rings. The van der Waals surface area contributed by atoms with Crippen molar-refractivity contribution in [3.8, 4) is 0 Å². The van der Waals surface area contributed by atoms with Crippen molar-refractivity contribution in [3.05, 3.63) is 35.4 Å². The smallest absolute Gasteiger partial charge is 0.317 e. The van der Waals surface area contributed by atoms with E-state index in [1.165, 1.54) is 19.2 Å². The van der Waals surface area contributed by atoms with E-state index < -0.39 is 17.7 Å². The fourth-order valence-corrected chi connectivity index (χ4v) is 3.04. The van der Waals surface area contributed by atoms with Crippen LogP contribution < -0.4 is 5.32 Å². The summed E-state index contributed by atoms with van der Waals surface area (Å²) in [5.41, 5.74) is 0.0980. The quantitative estimate of drug-likeness (QED) is 0.861. The van der Waals surface area contributed by atoms with Crippen LogP contribution in [0.5, 0.6) is 0 Å². The monoisotopic (exact) mass is 340 g/mol. The van der Waals surface area contributed by atoms with E-state index in [4.69, 9.17) is 4.74 Å². The van der Waals surface area contributed by atoms with Gasteiger partial charge in [-0.25, -0.2) is 13.6 Å². The molecule has 1 aromatic rings. The molecule has 1 heterocycles. The summed E-state index contributed by atoms with van der Waals surface area (Å²) >= 11 is 0. The number of nitrogens with zero attached hydrogens (tertiary/aromatic N) is 1. The Balaban J connectivity index is 1.98. The van der Waals surface area contributed by atoms with E-state index in [1.807, 2.05) is 6.92 Å². The van der Waals surface area contributed by atoms with Crippen molar-refractivity contribution in [1.82, 2.24) is 10.2 Å². The average Bonchev–Trinajstić information content (AvgIpc) is 2.56. The van der Waals surface area contributed by atoms with Gasteiger partial charge in [-0.2, -0.15) is 0 Å². The minimum absolute atomic E-state index is 0.0295. The van der Waals surface area contributed by atoms with Crippen molar-refractivity contribution < 1.29 is 23.1 Å². The number of rotatable bonds is 3. The molecule has 0 aromatic heterocycles. The molecule has 5 nitrogen and oxygen atoms in total. The number of amides is 2. The first-order valence-electron chi connectivity index (χ1n) is 7.92. The minimum atomic E-state index is -0.955. The van der Waals surface area contributed by atoms with Gasteiger partial charge in [0.25, 0.3) is 0 Å². The Morgan fingerprint density at radius 3 is 2.71 bits per heavy atom. The lowest BCUT2D eigenvalue weighted by Gasteiger charge is -2.36. The number of piperidine rings is 1. The third kappa shape index (κ3) is 3.83. The van der Waals surface area contributed by atoms with Crippen molar-refractivity contribution in [2.45, 2.75) is 26.3 Å². The van der Waals surface area contributed by atoms with Crippen molar-refractivity contribution in [1.29, 1.82) is 0 Å². The van der Waals surface area contributed by atoms with Gasteiger partial charge in [0.15, 0.2) is 11.6 Å². The molecule has 0 aliphatic carbocycles. The normalized spacial score (nSPS) is 22.0. The number of methoxy groups -OCH3 is 1. The van der Waals surface area contributed by atoms with E-state index in [-0.39, 0.29) is 29.4 Å². The SMILES string of the molecule is COC(=O)[C@@H]1CCN(C(=O)N[C@H](C)c2cccc(F)c2F)C[C@H]1C. The third-order valence-corrected chi connectivity index (χ3v) is 4.48. The van der Waals surface area contributed by atoms with E-state index in [0.717, 1.165) is 6.07 Å². The molecule has 1 aliphatic heterocycles. The predicted octanol–water partition coefficient (Wildman–Crippen LogP) is 2.87. The Kier molecular flexibility index (Phi) is 5.75. The highest BCUT2D eigenvalue weighted by atomic mass is 19.2. The van der Waals surface area contributed by atoms with E-state index in [9.17, 15) is 18.4 Å². The molecule has 0 spiro atoms. The number of benzene rings is 1. The Labute approximate surface area is 140 Å². The summed E-state index contributed by atoms with van der Waals surface area (Å²) < 4.78 is 31.9. The molecule has 2 rings (SSSR count). The zero-order valence-electron chi connectivity index (χ0n) is 14.0. The lowest BCUT2D eigenvalue weighted by atomic mass is 9.87. The maximum Gasteiger partial charge on any atom is 0.317 e. The average molecular weight is 340 g/mol. The lowest BCUT2D eigenvalue weighted by molar-refractivity contribution is -0.148. The van der Waals surface area contributed by atoms with Crippen LogP contribution in [0.25, 0.3) is 0 Å². The molecule has 1 aliphatic rings. The molecule has 24 heavy (non-hydrogen) atoms. The molecule has 132 valence electrons. The summed E-state index contributed by atoms with van der Waals surface area (Å²) in [6.07, 6.45) is 0.518. The molecule has 3 atom stereocenters. The predicted molar refractivity (Wildman–Crippen MR) is 84.2 cm³/mol. The molecule has 0 radical (unpaired) electrons. The third-order valence-electron chi connectivity index (χ3n) is 4.48. The number of carbonyl (C=O) groups excluding carboxylic acids is 2. The Morgan fingerprint density at radius 1 is 1.38 bits per heavy atom. The van der Waals surface area contributed by atoms with Crippen LogP contribution in [0.1, 0.15) is 31.9 Å². The first-order valence-corrected chi connectivity index (χ1v) is 7.92. The first-order chi connectivity index (χ1) is 11.3. The van der Waals surface area contributed by atoms with Gasteiger partial charge in [-0.15, -0.1) is 0 Å². The van der Waals surface area contributed by atoms with Crippen molar-refractivity contribution in [3.63, 3.8) is 0 Å². The highest BCUT2D eigenvalue weighted by Gasteiger charge is 2.34. The van der Waals surface area contributed by atoms with Gasteiger partial charge in [-0.1, -0.05) is 19.1 Å². The Morgan fingerprint density at radius 2 is 2.08 bits per heavy atom. The number of hydrogen-bond acceptors (Lipinski definition) is 3. The highest BCUT2D eigenvalue weighted by Crippen LogP contribution is 2.25. The van der Waals surface area contributed by atoms with E-state index in [0.29, 0.717) is 19.5 Å². The zero-order chi connectivity index (χ0) is 17.9. The molecular formula is C17H22F2N2O3. The standard InChI is InChI=1S/C17H22F2N2O3/c1-10-9-21(8-7-12(10)16(22)24-3)17(23)20-11(2)13-5-4-6-14(18)15(13)19/h4-6,10-12H,7-9H2,1-3H3,(H,20,23)/t10-,11-,12-/m1/s1. The lowest BCUT2D eigenvalue weighted by Crippen LogP contribution is -2.49. The number of esters is 1. The van der Waals surface area contributed by atoms with Gasteiger partial charge in [-0.05, 0) is 25.3 Å². The van der Waals surface area contributed by atoms with Gasteiger partial charge in [0.1, 0.15) is 0 Å². The first kappa shape index (κ1) is 18.2. The maximum absolute atomic E-state index is 13.8. The number of urea groups is 1. The number of likely N-dealkylation sites (tertiary alicyclic amines) is 1. The topological polar surface area (TPSA) is 58.6 Å². The molecular weight excluding hydrogens is 318 g/mol. The van der Waals surface area contributed by atoms with Gasteiger partial charge < -0.3 is 15.0 Å². The molecule has 0 saturated carbocycles. The van der Waals surface area contributed by atoms with Gasteiger partial charge >= 0.3 is 12.0 Å². The minimum Gasteiger partial charge on any atom is -0.469 e. The number of nitrogens with one attached hydrogen (secondary N) is 1. The van der Waals surface area contributed by atoms with Crippen LogP contribution in [-0.4, -0.2) is 37.1 Å². The van der Waals surface area contributed by atoms with Crippen LogP contribution >= 0.6 is 0 Å². The Bertz CT molecular complexity index is 624. The summed E-state index contributed by atoms with van der Waals surface area (Å²) in [7, 11) is 1.35. The summed E-state index contributed by atoms with van der Waals surface area (Å²) in [5.74, 6) is -2.42. The molecule has 1 saturated heterocycles. The van der Waals surface area contributed by atoms with Crippen LogP contribution in [-0.2, 0) is 9.53 Å². The van der Waals surface area contributed by atoms with Crippen molar-refractivity contribution in [2.75, 3.05) is 20.2 Å². The second-order valence-corrected chi connectivity index (χ2v) is 6.16. The fraction of sp³-hybridized carbons (Fsp3) is 0.529. The molecule has 1 aromatic carbocycles. The molecule has 7 heteroatoms. The second-order valence-electron chi connectivity index (χ2n) is 6.16. The number of ether oxygens (including phenoxy) is 1.